The van der Waals surface area contributed by atoms with E-state index in [9.17, 15) is 5.11 Å². The number of likely N-dealkylation sites (tertiary alicyclic amines) is 1. The molecule has 1 aromatic carbocycles. The van der Waals surface area contributed by atoms with Crippen LogP contribution in [0.5, 0.6) is 0 Å². The summed E-state index contributed by atoms with van der Waals surface area (Å²) in [7, 11) is 4.30. The molecule has 2 aromatic rings. The Balaban J connectivity index is 1.89. The molecule has 1 aromatic heterocycles. The van der Waals surface area contributed by atoms with Crippen molar-refractivity contribution < 1.29 is 5.11 Å². The van der Waals surface area contributed by atoms with Gasteiger partial charge in [-0.05, 0) is 31.3 Å². The van der Waals surface area contributed by atoms with Crippen molar-refractivity contribution in [3.05, 3.63) is 36.0 Å². The van der Waals surface area contributed by atoms with Crippen LogP contribution in [0.3, 0.4) is 0 Å². The molecule has 112 valence electrons. The van der Waals surface area contributed by atoms with Crippen molar-refractivity contribution in [1.29, 1.82) is 0 Å². The van der Waals surface area contributed by atoms with Crippen LogP contribution in [0, 0.1) is 5.92 Å². The van der Waals surface area contributed by atoms with Crippen LogP contribution in [-0.4, -0.2) is 48.7 Å². The third-order valence-corrected chi connectivity index (χ3v) is 4.41. The van der Waals surface area contributed by atoms with E-state index in [1.165, 1.54) is 13.0 Å². The zero-order valence-corrected chi connectivity index (χ0v) is 12.8. The Labute approximate surface area is 126 Å². The van der Waals surface area contributed by atoms with Crippen molar-refractivity contribution in [2.45, 2.75) is 13.0 Å². The van der Waals surface area contributed by atoms with Gasteiger partial charge in [0.25, 0.3) is 0 Å². The smallest absolute Gasteiger partial charge is 0.136 e. The third kappa shape index (κ3) is 2.87. The predicted molar refractivity (Wildman–Crippen MR) is 86.5 cm³/mol. The Morgan fingerprint density at radius 2 is 2.10 bits per heavy atom. The van der Waals surface area contributed by atoms with E-state index in [1.807, 2.05) is 12.1 Å². The Hall–Kier alpha value is -1.65. The molecule has 0 spiro atoms. The van der Waals surface area contributed by atoms with Gasteiger partial charge in [-0.1, -0.05) is 24.3 Å². The highest BCUT2D eigenvalue weighted by Gasteiger charge is 2.22. The van der Waals surface area contributed by atoms with E-state index in [0.717, 1.165) is 35.2 Å². The topological polar surface area (TPSA) is 39.6 Å². The van der Waals surface area contributed by atoms with E-state index in [1.54, 1.807) is 6.20 Å². The lowest BCUT2D eigenvalue weighted by Crippen LogP contribution is -2.28. The quantitative estimate of drug-likeness (QED) is 0.934. The number of aromatic nitrogens is 1. The predicted octanol–water partition coefficient (Wildman–Crippen LogP) is 2.11. The molecule has 3 rings (SSSR count). The molecule has 0 aliphatic carbocycles. The second-order valence-corrected chi connectivity index (χ2v) is 6.11. The van der Waals surface area contributed by atoms with Crippen LogP contribution >= 0.6 is 0 Å². The summed E-state index contributed by atoms with van der Waals surface area (Å²) < 4.78 is 0. The van der Waals surface area contributed by atoms with Gasteiger partial charge in [0.15, 0.2) is 0 Å². The van der Waals surface area contributed by atoms with Crippen LogP contribution in [0.2, 0.25) is 0 Å². The first-order chi connectivity index (χ1) is 10.2. The number of fused-ring (bicyclic) bond motifs is 1. The first-order valence-corrected chi connectivity index (χ1v) is 7.56. The third-order valence-electron chi connectivity index (χ3n) is 4.41. The summed E-state index contributed by atoms with van der Waals surface area (Å²) in [5.74, 6) is 1.72. The van der Waals surface area contributed by atoms with Crippen LogP contribution in [0.25, 0.3) is 10.8 Å². The number of benzene rings is 1. The summed E-state index contributed by atoms with van der Waals surface area (Å²) in [5, 5.41) is 11.7. The minimum absolute atomic E-state index is 0.0327. The summed E-state index contributed by atoms with van der Waals surface area (Å²) in [4.78, 5) is 9.24. The SMILES string of the molecule is CN1CCC(CN(C)c2ncc(CO)c3ccccc23)C1. The molecule has 21 heavy (non-hydrogen) atoms. The van der Waals surface area contributed by atoms with Crippen molar-refractivity contribution in [2.24, 2.45) is 5.92 Å². The van der Waals surface area contributed by atoms with Crippen molar-refractivity contribution in [1.82, 2.24) is 9.88 Å². The number of anilines is 1. The van der Waals surface area contributed by atoms with Gasteiger partial charge < -0.3 is 14.9 Å². The summed E-state index contributed by atoms with van der Waals surface area (Å²) in [6, 6.07) is 8.19. The maximum absolute atomic E-state index is 9.46. The second kappa shape index (κ2) is 6.00. The molecular formula is C17H23N3O. The lowest BCUT2D eigenvalue weighted by atomic mass is 10.1. The number of nitrogens with zero attached hydrogens (tertiary/aromatic N) is 3. The van der Waals surface area contributed by atoms with E-state index in [0.29, 0.717) is 5.92 Å². The van der Waals surface area contributed by atoms with Gasteiger partial charge in [-0.15, -0.1) is 0 Å². The standard InChI is InChI=1S/C17H23N3O/c1-19-8-7-13(10-19)11-20(2)17-16-6-4-3-5-15(16)14(12-21)9-18-17/h3-6,9,13,21H,7-8,10-12H2,1-2H3. The lowest BCUT2D eigenvalue weighted by molar-refractivity contribution is 0.283. The monoisotopic (exact) mass is 285 g/mol. The minimum Gasteiger partial charge on any atom is -0.392 e. The number of aliphatic hydroxyl groups is 1. The first kappa shape index (κ1) is 14.3. The normalized spacial score (nSPS) is 19.3. The molecule has 1 aliphatic rings. The van der Waals surface area contributed by atoms with Crippen LogP contribution in [0.1, 0.15) is 12.0 Å². The van der Waals surface area contributed by atoms with Gasteiger partial charge in [-0.2, -0.15) is 0 Å². The maximum Gasteiger partial charge on any atom is 0.136 e. The van der Waals surface area contributed by atoms with E-state index < -0.39 is 0 Å². The molecule has 2 heterocycles. The Kier molecular flexibility index (Phi) is 4.08. The largest absolute Gasteiger partial charge is 0.392 e. The highest BCUT2D eigenvalue weighted by atomic mass is 16.3. The fourth-order valence-electron chi connectivity index (χ4n) is 3.32. The van der Waals surface area contributed by atoms with Gasteiger partial charge in [0.1, 0.15) is 5.82 Å². The van der Waals surface area contributed by atoms with Crippen LogP contribution in [0.15, 0.2) is 30.5 Å². The van der Waals surface area contributed by atoms with Crippen molar-refractivity contribution in [3.8, 4) is 0 Å². The second-order valence-electron chi connectivity index (χ2n) is 6.11. The molecule has 0 amide bonds. The fourth-order valence-corrected chi connectivity index (χ4v) is 3.32. The average Bonchev–Trinajstić information content (AvgIpc) is 2.91. The fraction of sp³-hybridized carbons (Fsp3) is 0.471. The van der Waals surface area contributed by atoms with Gasteiger partial charge in [-0.3, -0.25) is 0 Å². The van der Waals surface area contributed by atoms with E-state index >= 15 is 0 Å². The Bertz CT molecular complexity index is 628. The van der Waals surface area contributed by atoms with E-state index in [4.69, 9.17) is 0 Å². The van der Waals surface area contributed by atoms with E-state index in [-0.39, 0.29) is 6.61 Å². The van der Waals surface area contributed by atoms with E-state index in [2.05, 4.69) is 41.0 Å². The van der Waals surface area contributed by atoms with Crippen molar-refractivity contribution in [2.75, 3.05) is 38.6 Å². The highest BCUT2D eigenvalue weighted by molar-refractivity contribution is 5.94. The summed E-state index contributed by atoms with van der Waals surface area (Å²) >= 11 is 0. The number of rotatable bonds is 4. The first-order valence-electron chi connectivity index (χ1n) is 7.56. The van der Waals surface area contributed by atoms with Crippen molar-refractivity contribution in [3.63, 3.8) is 0 Å². The van der Waals surface area contributed by atoms with Gasteiger partial charge in [0.2, 0.25) is 0 Å². The molecule has 4 heteroatoms. The van der Waals surface area contributed by atoms with Crippen LogP contribution < -0.4 is 4.90 Å². The number of pyridine rings is 1. The number of aliphatic hydroxyl groups excluding tert-OH is 1. The Morgan fingerprint density at radius 3 is 2.76 bits per heavy atom. The zero-order valence-electron chi connectivity index (χ0n) is 12.8. The molecule has 1 unspecified atom stereocenters. The summed E-state index contributed by atoms with van der Waals surface area (Å²) in [6.45, 7) is 3.41. The zero-order chi connectivity index (χ0) is 14.8. The van der Waals surface area contributed by atoms with Gasteiger partial charge in [0, 0.05) is 37.3 Å². The molecule has 1 N–H and O–H groups in total. The molecule has 0 bridgehead atoms. The number of hydrogen-bond donors (Lipinski definition) is 1. The van der Waals surface area contributed by atoms with Crippen LogP contribution in [-0.2, 0) is 6.61 Å². The van der Waals surface area contributed by atoms with Crippen molar-refractivity contribution >= 4 is 16.6 Å². The molecule has 1 aliphatic heterocycles. The Morgan fingerprint density at radius 1 is 1.33 bits per heavy atom. The average molecular weight is 285 g/mol. The lowest BCUT2D eigenvalue weighted by Gasteiger charge is -2.24. The summed E-state index contributed by atoms with van der Waals surface area (Å²) in [5.41, 5.74) is 0.892. The molecular weight excluding hydrogens is 262 g/mol. The molecule has 0 radical (unpaired) electrons. The molecule has 1 atom stereocenters. The molecule has 4 nitrogen and oxygen atoms in total. The minimum atomic E-state index is 0.0327. The highest BCUT2D eigenvalue weighted by Crippen LogP contribution is 2.28. The van der Waals surface area contributed by atoms with Crippen LogP contribution in [0.4, 0.5) is 5.82 Å². The molecule has 1 fully saturated rings. The molecule has 1 saturated heterocycles. The number of hydrogen-bond acceptors (Lipinski definition) is 4. The van der Waals surface area contributed by atoms with Gasteiger partial charge >= 0.3 is 0 Å². The summed E-state index contributed by atoms with van der Waals surface area (Å²) in [6.07, 6.45) is 3.06. The van der Waals surface area contributed by atoms with Gasteiger partial charge in [0.05, 0.1) is 6.61 Å². The molecule has 0 saturated carbocycles. The maximum atomic E-state index is 9.46. The van der Waals surface area contributed by atoms with Gasteiger partial charge in [-0.25, -0.2) is 4.98 Å².